The number of carboxylic acids is 1. The molecule has 1 saturated heterocycles. The fourth-order valence-corrected chi connectivity index (χ4v) is 2.17. The summed E-state index contributed by atoms with van der Waals surface area (Å²) in [7, 11) is 0. The number of aromatic carboxylic acids is 1. The highest BCUT2D eigenvalue weighted by molar-refractivity contribution is 6.34. The zero-order valence-electron chi connectivity index (χ0n) is 10.2. The maximum atomic E-state index is 12.0. The molecule has 1 aliphatic heterocycles. The Kier molecular flexibility index (Phi) is 4.39. The van der Waals surface area contributed by atoms with Gasteiger partial charge in [0.15, 0.2) is 0 Å². The van der Waals surface area contributed by atoms with Crippen LogP contribution in [-0.2, 0) is 9.53 Å². The van der Waals surface area contributed by atoms with Gasteiger partial charge in [-0.3, -0.25) is 4.79 Å². The second-order valence-electron chi connectivity index (χ2n) is 4.38. The van der Waals surface area contributed by atoms with Gasteiger partial charge in [0.2, 0.25) is 5.91 Å². The average Bonchev–Trinajstić information content (AvgIpc) is 2.41. The zero-order valence-corrected chi connectivity index (χ0v) is 10.9. The first-order chi connectivity index (χ1) is 9.08. The Bertz CT molecular complexity index is 497. The van der Waals surface area contributed by atoms with Gasteiger partial charge in [-0.25, -0.2) is 4.79 Å². The van der Waals surface area contributed by atoms with Gasteiger partial charge < -0.3 is 15.2 Å². The lowest BCUT2D eigenvalue weighted by atomic mass is 9.99. The van der Waals surface area contributed by atoms with E-state index in [-0.39, 0.29) is 22.4 Å². The fraction of sp³-hybridized carbons (Fsp3) is 0.385. The molecule has 5 nitrogen and oxygen atoms in total. The van der Waals surface area contributed by atoms with Crippen molar-refractivity contribution in [3.63, 3.8) is 0 Å². The molecule has 2 N–H and O–H groups in total. The Morgan fingerprint density at radius 3 is 2.58 bits per heavy atom. The lowest BCUT2D eigenvalue weighted by Crippen LogP contribution is -2.28. The van der Waals surface area contributed by atoms with Crippen molar-refractivity contribution in [1.82, 2.24) is 0 Å². The lowest BCUT2D eigenvalue weighted by molar-refractivity contribution is -0.122. The number of halogens is 1. The first-order valence-corrected chi connectivity index (χ1v) is 6.37. The number of anilines is 1. The standard InChI is InChI=1S/C13H14ClNO4/c14-10-7-9(13(17)18)1-2-11(10)15-12(16)8-3-5-19-6-4-8/h1-2,7-8H,3-6H2,(H,15,16)(H,17,18). The van der Waals surface area contributed by atoms with Crippen LogP contribution in [0.1, 0.15) is 23.2 Å². The summed E-state index contributed by atoms with van der Waals surface area (Å²) < 4.78 is 5.19. The second-order valence-corrected chi connectivity index (χ2v) is 4.78. The zero-order chi connectivity index (χ0) is 13.8. The van der Waals surface area contributed by atoms with Crippen molar-refractivity contribution in [3.05, 3.63) is 28.8 Å². The predicted octanol–water partition coefficient (Wildman–Crippen LogP) is 2.40. The van der Waals surface area contributed by atoms with Crippen LogP contribution < -0.4 is 5.32 Å². The van der Waals surface area contributed by atoms with Crippen molar-refractivity contribution in [3.8, 4) is 0 Å². The molecule has 0 unspecified atom stereocenters. The number of carboxylic acid groups (broad SMARTS) is 1. The van der Waals surface area contributed by atoms with E-state index in [9.17, 15) is 9.59 Å². The number of benzene rings is 1. The first kappa shape index (κ1) is 13.8. The van der Waals surface area contributed by atoms with E-state index >= 15 is 0 Å². The van der Waals surface area contributed by atoms with E-state index in [1.807, 2.05) is 0 Å². The monoisotopic (exact) mass is 283 g/mol. The highest BCUT2D eigenvalue weighted by Gasteiger charge is 2.22. The van der Waals surface area contributed by atoms with Crippen molar-refractivity contribution in [1.29, 1.82) is 0 Å². The van der Waals surface area contributed by atoms with Crippen LogP contribution in [0.15, 0.2) is 18.2 Å². The summed E-state index contributed by atoms with van der Waals surface area (Å²) in [5.74, 6) is -1.23. The second kappa shape index (κ2) is 6.04. The minimum atomic E-state index is -1.05. The van der Waals surface area contributed by atoms with Crippen LogP contribution in [0, 0.1) is 5.92 Å². The van der Waals surface area contributed by atoms with E-state index in [0.717, 1.165) is 0 Å². The number of hydrogen-bond donors (Lipinski definition) is 2. The molecule has 6 heteroatoms. The highest BCUT2D eigenvalue weighted by atomic mass is 35.5. The largest absolute Gasteiger partial charge is 0.478 e. The molecular weight excluding hydrogens is 270 g/mol. The molecule has 0 atom stereocenters. The SMILES string of the molecule is O=C(O)c1ccc(NC(=O)C2CCOCC2)c(Cl)c1. The van der Waals surface area contributed by atoms with E-state index in [0.29, 0.717) is 31.7 Å². The summed E-state index contributed by atoms with van der Waals surface area (Å²) in [5.41, 5.74) is 0.525. The minimum Gasteiger partial charge on any atom is -0.478 e. The number of ether oxygens (including phenoxy) is 1. The summed E-state index contributed by atoms with van der Waals surface area (Å²) in [4.78, 5) is 22.8. The number of rotatable bonds is 3. The number of carbonyl (C=O) groups excluding carboxylic acids is 1. The van der Waals surface area contributed by atoms with Gasteiger partial charge in [0.1, 0.15) is 0 Å². The van der Waals surface area contributed by atoms with Gasteiger partial charge in [-0.2, -0.15) is 0 Å². The van der Waals surface area contributed by atoms with Crippen molar-refractivity contribution in [2.75, 3.05) is 18.5 Å². The van der Waals surface area contributed by atoms with E-state index in [1.54, 1.807) is 0 Å². The average molecular weight is 284 g/mol. The molecule has 1 aliphatic rings. The maximum Gasteiger partial charge on any atom is 0.335 e. The molecule has 102 valence electrons. The van der Waals surface area contributed by atoms with Crippen LogP contribution in [0.5, 0.6) is 0 Å². The molecule has 1 aromatic carbocycles. The van der Waals surface area contributed by atoms with Gasteiger partial charge in [-0.1, -0.05) is 11.6 Å². The van der Waals surface area contributed by atoms with Gasteiger partial charge in [0.25, 0.3) is 0 Å². The lowest BCUT2D eigenvalue weighted by Gasteiger charge is -2.21. The molecule has 1 amide bonds. The quantitative estimate of drug-likeness (QED) is 0.893. The summed E-state index contributed by atoms with van der Waals surface area (Å²) >= 11 is 5.95. The molecule has 0 spiro atoms. The first-order valence-electron chi connectivity index (χ1n) is 5.99. The fourth-order valence-electron chi connectivity index (χ4n) is 1.94. The van der Waals surface area contributed by atoms with Crippen LogP contribution in [-0.4, -0.2) is 30.2 Å². The van der Waals surface area contributed by atoms with Gasteiger partial charge in [-0.15, -0.1) is 0 Å². The summed E-state index contributed by atoms with van der Waals surface area (Å²) in [6.45, 7) is 1.17. The van der Waals surface area contributed by atoms with Crippen molar-refractivity contribution in [2.45, 2.75) is 12.8 Å². The van der Waals surface area contributed by atoms with Crippen molar-refractivity contribution < 1.29 is 19.4 Å². The topological polar surface area (TPSA) is 75.6 Å². The van der Waals surface area contributed by atoms with E-state index in [2.05, 4.69) is 5.32 Å². The Morgan fingerprint density at radius 2 is 2.00 bits per heavy atom. The van der Waals surface area contributed by atoms with Crippen LogP contribution in [0.4, 0.5) is 5.69 Å². The maximum absolute atomic E-state index is 12.0. The number of hydrogen-bond acceptors (Lipinski definition) is 3. The van der Waals surface area contributed by atoms with Gasteiger partial charge in [0, 0.05) is 19.1 Å². The van der Waals surface area contributed by atoms with Gasteiger partial charge >= 0.3 is 5.97 Å². The number of amides is 1. The smallest absolute Gasteiger partial charge is 0.335 e. The molecule has 1 aromatic rings. The number of nitrogens with one attached hydrogen (secondary N) is 1. The third-order valence-corrected chi connectivity index (χ3v) is 3.38. The molecule has 1 fully saturated rings. The predicted molar refractivity (Wildman–Crippen MR) is 70.6 cm³/mol. The summed E-state index contributed by atoms with van der Waals surface area (Å²) in [5, 5.41) is 11.8. The highest BCUT2D eigenvalue weighted by Crippen LogP contribution is 2.25. The molecule has 19 heavy (non-hydrogen) atoms. The minimum absolute atomic E-state index is 0.0797. The van der Waals surface area contributed by atoms with Crippen molar-refractivity contribution in [2.24, 2.45) is 5.92 Å². The van der Waals surface area contributed by atoms with Crippen LogP contribution in [0.25, 0.3) is 0 Å². The van der Waals surface area contributed by atoms with Crippen molar-refractivity contribution >= 4 is 29.2 Å². The van der Waals surface area contributed by atoms with Gasteiger partial charge in [-0.05, 0) is 31.0 Å². The summed E-state index contributed by atoms with van der Waals surface area (Å²) in [6, 6.07) is 4.24. The van der Waals surface area contributed by atoms with Crippen LogP contribution >= 0.6 is 11.6 Å². The Hall–Kier alpha value is -1.59. The molecule has 0 aromatic heterocycles. The Morgan fingerprint density at radius 1 is 1.32 bits per heavy atom. The van der Waals surface area contributed by atoms with E-state index in [1.165, 1.54) is 18.2 Å². The van der Waals surface area contributed by atoms with Crippen LogP contribution in [0.2, 0.25) is 5.02 Å². The molecule has 0 saturated carbocycles. The molecule has 0 radical (unpaired) electrons. The van der Waals surface area contributed by atoms with Gasteiger partial charge in [0.05, 0.1) is 16.3 Å². The van der Waals surface area contributed by atoms with Crippen LogP contribution in [0.3, 0.4) is 0 Å². The molecule has 0 bridgehead atoms. The molecule has 1 heterocycles. The molecule has 2 rings (SSSR count). The normalized spacial score (nSPS) is 16.1. The van der Waals surface area contributed by atoms with E-state index in [4.69, 9.17) is 21.4 Å². The third kappa shape index (κ3) is 3.45. The summed E-state index contributed by atoms with van der Waals surface area (Å²) in [6.07, 6.45) is 1.38. The Labute approximate surface area is 115 Å². The molecular formula is C13H14ClNO4. The third-order valence-electron chi connectivity index (χ3n) is 3.07. The Balaban J connectivity index is 2.06. The number of carbonyl (C=O) groups is 2. The molecule has 0 aliphatic carbocycles. The van der Waals surface area contributed by atoms with E-state index < -0.39 is 5.97 Å².